The molecular formula is C11H12N4O2. The fraction of sp³-hybridized carbons (Fsp3) is 0.182. The third-order valence-corrected chi connectivity index (χ3v) is 2.11. The molecule has 2 rings (SSSR count). The number of nitrogens with one attached hydrogen (secondary N) is 2. The van der Waals surface area contributed by atoms with Gasteiger partial charge in [0.05, 0.1) is 6.54 Å². The van der Waals surface area contributed by atoms with E-state index in [4.69, 9.17) is 0 Å². The van der Waals surface area contributed by atoms with Crippen LogP contribution in [0, 0.1) is 0 Å². The Morgan fingerprint density at radius 2 is 1.94 bits per heavy atom. The van der Waals surface area contributed by atoms with Gasteiger partial charge in [-0.15, -0.1) is 0 Å². The molecule has 1 aromatic carbocycles. The van der Waals surface area contributed by atoms with Crippen LogP contribution in [-0.2, 0) is 13.1 Å². The summed E-state index contributed by atoms with van der Waals surface area (Å²) in [6.45, 7) is 0.732. The van der Waals surface area contributed by atoms with E-state index in [9.17, 15) is 4.79 Å². The van der Waals surface area contributed by atoms with Gasteiger partial charge in [-0.3, -0.25) is 0 Å². The molecule has 2 aromatic rings. The Hall–Kier alpha value is -2.37. The Balaban J connectivity index is 1.71. The van der Waals surface area contributed by atoms with Crippen LogP contribution in [0.5, 0.6) is 0 Å². The van der Waals surface area contributed by atoms with E-state index in [0.717, 1.165) is 5.56 Å². The highest BCUT2D eigenvalue weighted by atomic mass is 16.5. The largest absolute Gasteiger partial charge is 0.343 e. The van der Waals surface area contributed by atoms with Crippen LogP contribution in [0.4, 0.5) is 4.79 Å². The summed E-state index contributed by atoms with van der Waals surface area (Å²) in [5.41, 5.74) is 1.04. The molecule has 6 heteroatoms. The Kier molecular flexibility index (Phi) is 3.69. The minimum absolute atomic E-state index is 0.247. The van der Waals surface area contributed by atoms with Crippen molar-refractivity contribution in [2.45, 2.75) is 13.1 Å². The van der Waals surface area contributed by atoms with Crippen LogP contribution < -0.4 is 10.6 Å². The summed E-state index contributed by atoms with van der Waals surface area (Å²) >= 11 is 0. The number of benzene rings is 1. The van der Waals surface area contributed by atoms with Crippen LogP contribution in [0.2, 0.25) is 0 Å². The van der Waals surface area contributed by atoms with Crippen molar-refractivity contribution in [2.75, 3.05) is 0 Å². The van der Waals surface area contributed by atoms with E-state index in [1.807, 2.05) is 30.3 Å². The van der Waals surface area contributed by atoms with Gasteiger partial charge in [0.25, 0.3) is 0 Å². The van der Waals surface area contributed by atoms with Gasteiger partial charge in [-0.1, -0.05) is 35.5 Å². The van der Waals surface area contributed by atoms with E-state index < -0.39 is 0 Å². The molecule has 2 N–H and O–H groups in total. The number of nitrogens with zero attached hydrogens (tertiary/aromatic N) is 2. The second-order valence-corrected chi connectivity index (χ2v) is 3.37. The molecule has 0 aliphatic rings. The molecule has 1 heterocycles. The van der Waals surface area contributed by atoms with Crippen molar-refractivity contribution >= 4 is 6.03 Å². The van der Waals surface area contributed by atoms with Crippen molar-refractivity contribution in [3.63, 3.8) is 0 Å². The Labute approximate surface area is 98.0 Å². The lowest BCUT2D eigenvalue weighted by Gasteiger charge is -2.05. The first-order chi connectivity index (χ1) is 8.34. The summed E-state index contributed by atoms with van der Waals surface area (Å²) in [5, 5.41) is 8.92. The molecular weight excluding hydrogens is 220 g/mol. The molecule has 0 unspecified atom stereocenters. The molecule has 0 spiro atoms. The van der Waals surface area contributed by atoms with Crippen molar-refractivity contribution in [1.82, 2.24) is 20.8 Å². The van der Waals surface area contributed by atoms with Crippen molar-refractivity contribution in [3.05, 3.63) is 48.1 Å². The molecule has 1 aromatic heterocycles. The van der Waals surface area contributed by atoms with E-state index in [1.54, 1.807) is 0 Å². The van der Waals surface area contributed by atoms with Crippen molar-refractivity contribution in [2.24, 2.45) is 0 Å². The molecule has 0 aliphatic heterocycles. The average molecular weight is 232 g/mol. The van der Waals surface area contributed by atoms with E-state index in [2.05, 4.69) is 25.3 Å². The second-order valence-electron chi connectivity index (χ2n) is 3.37. The third kappa shape index (κ3) is 3.60. The van der Waals surface area contributed by atoms with Gasteiger partial charge in [-0.2, -0.15) is 4.98 Å². The summed E-state index contributed by atoms with van der Waals surface area (Å²) in [5.74, 6) is 0.444. The third-order valence-electron chi connectivity index (χ3n) is 2.11. The number of hydrogen-bond acceptors (Lipinski definition) is 4. The molecule has 17 heavy (non-hydrogen) atoms. The average Bonchev–Trinajstić information content (AvgIpc) is 2.88. The summed E-state index contributed by atoms with van der Waals surface area (Å²) in [7, 11) is 0. The zero-order valence-corrected chi connectivity index (χ0v) is 9.09. The number of urea groups is 1. The summed E-state index contributed by atoms with van der Waals surface area (Å²) in [6.07, 6.45) is 1.22. The minimum atomic E-state index is -0.265. The number of carbonyl (C=O) groups excluding carboxylic acids is 1. The number of rotatable bonds is 4. The lowest BCUT2D eigenvalue weighted by molar-refractivity contribution is 0.239. The number of carbonyl (C=O) groups is 1. The van der Waals surface area contributed by atoms with E-state index >= 15 is 0 Å². The molecule has 88 valence electrons. The van der Waals surface area contributed by atoms with Gasteiger partial charge in [-0.25, -0.2) is 4.79 Å². The number of hydrogen-bond donors (Lipinski definition) is 2. The van der Waals surface area contributed by atoms with E-state index in [1.165, 1.54) is 6.39 Å². The number of aromatic nitrogens is 2. The molecule has 0 bridgehead atoms. The molecule has 2 amide bonds. The maximum Gasteiger partial charge on any atom is 0.315 e. The van der Waals surface area contributed by atoms with Gasteiger partial charge >= 0.3 is 6.03 Å². The Morgan fingerprint density at radius 3 is 2.65 bits per heavy atom. The highest BCUT2D eigenvalue weighted by Gasteiger charge is 2.02. The first-order valence-corrected chi connectivity index (χ1v) is 5.15. The number of amides is 2. The van der Waals surface area contributed by atoms with Gasteiger partial charge in [-0.05, 0) is 5.56 Å². The molecule has 0 fully saturated rings. The molecule has 0 aliphatic carbocycles. The monoisotopic (exact) mass is 232 g/mol. The maximum absolute atomic E-state index is 11.4. The van der Waals surface area contributed by atoms with Crippen molar-refractivity contribution in [3.8, 4) is 0 Å². The second kappa shape index (κ2) is 5.64. The molecule has 6 nitrogen and oxygen atoms in total. The van der Waals surface area contributed by atoms with Crippen LogP contribution in [0.3, 0.4) is 0 Å². The zero-order valence-electron chi connectivity index (χ0n) is 9.09. The Morgan fingerprint density at radius 1 is 1.18 bits per heavy atom. The highest BCUT2D eigenvalue weighted by molar-refractivity contribution is 5.73. The molecule has 0 atom stereocenters. The molecule has 0 saturated carbocycles. The van der Waals surface area contributed by atoms with Gasteiger partial charge in [0.2, 0.25) is 6.39 Å². The summed E-state index contributed by atoms with van der Waals surface area (Å²) in [6, 6.07) is 9.40. The van der Waals surface area contributed by atoms with Gasteiger partial charge in [0.1, 0.15) is 0 Å². The van der Waals surface area contributed by atoms with Crippen molar-refractivity contribution in [1.29, 1.82) is 0 Å². The topological polar surface area (TPSA) is 80.0 Å². The highest BCUT2D eigenvalue weighted by Crippen LogP contribution is 1.96. The van der Waals surface area contributed by atoms with E-state index in [0.29, 0.717) is 12.4 Å². The summed E-state index contributed by atoms with van der Waals surface area (Å²) < 4.78 is 4.54. The fourth-order valence-corrected chi connectivity index (χ4v) is 1.27. The SMILES string of the molecule is O=C(NCc1ccccc1)NCc1ncon1. The Bertz CT molecular complexity index is 456. The van der Waals surface area contributed by atoms with Crippen LogP contribution in [-0.4, -0.2) is 16.2 Å². The standard InChI is InChI=1S/C11H12N4O2/c16-11(13-7-10-14-8-17-15-10)12-6-9-4-2-1-3-5-9/h1-5,8H,6-7H2,(H2,12,13,16). The zero-order chi connectivity index (χ0) is 11.9. The van der Waals surface area contributed by atoms with Crippen LogP contribution in [0.15, 0.2) is 41.2 Å². The summed E-state index contributed by atoms with van der Waals surface area (Å²) in [4.78, 5) is 15.2. The predicted octanol–water partition coefficient (Wildman–Crippen LogP) is 1.07. The maximum atomic E-state index is 11.4. The van der Waals surface area contributed by atoms with Gasteiger partial charge in [0.15, 0.2) is 5.82 Å². The first kappa shape index (κ1) is 11.1. The smallest absolute Gasteiger partial charge is 0.315 e. The predicted molar refractivity (Wildman–Crippen MR) is 59.8 cm³/mol. The molecule has 0 saturated heterocycles. The quantitative estimate of drug-likeness (QED) is 0.826. The molecule has 0 radical (unpaired) electrons. The first-order valence-electron chi connectivity index (χ1n) is 5.15. The minimum Gasteiger partial charge on any atom is -0.343 e. The fourth-order valence-electron chi connectivity index (χ4n) is 1.27. The van der Waals surface area contributed by atoms with Crippen LogP contribution in [0.25, 0.3) is 0 Å². The van der Waals surface area contributed by atoms with Crippen molar-refractivity contribution < 1.29 is 9.32 Å². The van der Waals surface area contributed by atoms with Crippen LogP contribution in [0.1, 0.15) is 11.4 Å². The lowest BCUT2D eigenvalue weighted by atomic mass is 10.2. The lowest BCUT2D eigenvalue weighted by Crippen LogP contribution is -2.34. The van der Waals surface area contributed by atoms with Gasteiger partial charge in [0, 0.05) is 6.54 Å². The van der Waals surface area contributed by atoms with E-state index in [-0.39, 0.29) is 12.6 Å². The normalized spacial score (nSPS) is 9.88. The van der Waals surface area contributed by atoms with Gasteiger partial charge < -0.3 is 15.2 Å². The van der Waals surface area contributed by atoms with Crippen LogP contribution >= 0.6 is 0 Å².